The number of thioether (sulfide) groups is 1. The highest BCUT2D eigenvalue weighted by molar-refractivity contribution is 7.99. The summed E-state index contributed by atoms with van der Waals surface area (Å²) in [5.74, 6) is 0.956. The maximum absolute atomic E-state index is 9.21. The van der Waals surface area contributed by atoms with Crippen molar-refractivity contribution >= 4 is 11.8 Å². The fourth-order valence-electron chi connectivity index (χ4n) is 1.52. The van der Waals surface area contributed by atoms with E-state index in [1.54, 1.807) is 22.8 Å². The van der Waals surface area contributed by atoms with Gasteiger partial charge in [0, 0.05) is 24.9 Å². The quantitative estimate of drug-likeness (QED) is 0.678. The molecular weight excluding hydrogens is 224 g/mol. The Kier molecular flexibility index (Phi) is 4.20. The molecule has 0 radical (unpaired) electrons. The predicted octanol–water partition coefficient (Wildman–Crippen LogP) is 0.410. The molecule has 2 rings (SSSR count). The Morgan fingerprint density at radius 2 is 2.50 bits per heavy atom. The van der Waals surface area contributed by atoms with E-state index in [0.717, 1.165) is 17.3 Å². The Balaban J connectivity index is 1.67. The second-order valence-corrected chi connectivity index (χ2v) is 5.19. The van der Waals surface area contributed by atoms with Crippen molar-refractivity contribution in [2.75, 3.05) is 12.4 Å². The van der Waals surface area contributed by atoms with Crippen molar-refractivity contribution in [3.8, 4) is 0 Å². The van der Waals surface area contributed by atoms with Gasteiger partial charge in [-0.1, -0.05) is 11.8 Å². The van der Waals surface area contributed by atoms with Crippen LogP contribution in [0.1, 0.15) is 19.3 Å². The molecule has 0 amide bonds. The summed E-state index contributed by atoms with van der Waals surface area (Å²) in [5, 5.41) is 17.6. The molecule has 1 atom stereocenters. The van der Waals surface area contributed by atoms with E-state index in [4.69, 9.17) is 0 Å². The SMILES string of the molecule is Cn1ncnc1SCCC(CO)NC1CC1. The van der Waals surface area contributed by atoms with E-state index in [-0.39, 0.29) is 12.6 Å². The summed E-state index contributed by atoms with van der Waals surface area (Å²) in [4.78, 5) is 4.14. The molecule has 1 fully saturated rings. The zero-order valence-electron chi connectivity index (χ0n) is 9.46. The number of hydrogen-bond donors (Lipinski definition) is 2. The van der Waals surface area contributed by atoms with Crippen LogP contribution in [-0.4, -0.2) is 44.3 Å². The van der Waals surface area contributed by atoms with Crippen molar-refractivity contribution in [2.45, 2.75) is 36.5 Å². The summed E-state index contributed by atoms with van der Waals surface area (Å²) in [6.45, 7) is 0.218. The molecule has 1 unspecified atom stereocenters. The standard InChI is InChI=1S/C10H18N4OS/c1-14-10(11-7-12-14)16-5-4-9(6-15)13-8-2-3-8/h7-9,13,15H,2-6H2,1H3. The minimum Gasteiger partial charge on any atom is -0.395 e. The van der Waals surface area contributed by atoms with Crippen molar-refractivity contribution < 1.29 is 5.11 Å². The van der Waals surface area contributed by atoms with E-state index in [1.165, 1.54) is 12.8 Å². The van der Waals surface area contributed by atoms with Gasteiger partial charge in [0.2, 0.25) is 0 Å². The average molecular weight is 242 g/mol. The van der Waals surface area contributed by atoms with Gasteiger partial charge in [0.15, 0.2) is 5.16 Å². The number of hydrogen-bond acceptors (Lipinski definition) is 5. The number of nitrogens with one attached hydrogen (secondary N) is 1. The van der Waals surface area contributed by atoms with Gasteiger partial charge in [-0.15, -0.1) is 0 Å². The molecule has 0 saturated heterocycles. The summed E-state index contributed by atoms with van der Waals surface area (Å²) >= 11 is 1.68. The summed E-state index contributed by atoms with van der Waals surface area (Å²) in [6.07, 6.45) is 5.04. The van der Waals surface area contributed by atoms with Crippen LogP contribution in [-0.2, 0) is 7.05 Å². The van der Waals surface area contributed by atoms with Gasteiger partial charge in [0.1, 0.15) is 6.33 Å². The largest absolute Gasteiger partial charge is 0.395 e. The average Bonchev–Trinajstić information content (AvgIpc) is 3.01. The van der Waals surface area contributed by atoms with Crippen molar-refractivity contribution in [3.05, 3.63) is 6.33 Å². The van der Waals surface area contributed by atoms with Crippen LogP contribution in [0.2, 0.25) is 0 Å². The molecule has 0 aliphatic heterocycles. The molecule has 2 N–H and O–H groups in total. The molecule has 1 heterocycles. The lowest BCUT2D eigenvalue weighted by molar-refractivity contribution is 0.238. The molecule has 1 aliphatic rings. The van der Waals surface area contributed by atoms with E-state index < -0.39 is 0 Å². The fourth-order valence-corrected chi connectivity index (χ4v) is 2.46. The highest BCUT2D eigenvalue weighted by Crippen LogP contribution is 2.21. The first-order valence-corrected chi connectivity index (χ1v) is 6.62. The van der Waals surface area contributed by atoms with Gasteiger partial charge >= 0.3 is 0 Å². The van der Waals surface area contributed by atoms with E-state index in [2.05, 4.69) is 15.4 Å². The van der Waals surface area contributed by atoms with Crippen molar-refractivity contribution in [2.24, 2.45) is 7.05 Å². The zero-order chi connectivity index (χ0) is 11.4. The number of aromatic nitrogens is 3. The van der Waals surface area contributed by atoms with Gasteiger partial charge in [-0.05, 0) is 19.3 Å². The first-order chi connectivity index (χ1) is 7.79. The number of nitrogens with zero attached hydrogens (tertiary/aromatic N) is 3. The van der Waals surface area contributed by atoms with Crippen LogP contribution in [0, 0.1) is 0 Å². The molecule has 0 aromatic carbocycles. The van der Waals surface area contributed by atoms with Crippen LogP contribution in [0.4, 0.5) is 0 Å². The second kappa shape index (κ2) is 5.65. The lowest BCUT2D eigenvalue weighted by atomic mass is 10.2. The van der Waals surface area contributed by atoms with Gasteiger partial charge in [-0.2, -0.15) is 5.10 Å². The minimum absolute atomic E-state index is 0.218. The lowest BCUT2D eigenvalue weighted by Gasteiger charge is -2.14. The fraction of sp³-hybridized carbons (Fsp3) is 0.800. The molecule has 16 heavy (non-hydrogen) atoms. The number of aryl methyl sites for hydroxylation is 1. The van der Waals surface area contributed by atoms with Crippen LogP contribution in [0.3, 0.4) is 0 Å². The van der Waals surface area contributed by atoms with Crippen LogP contribution in [0.5, 0.6) is 0 Å². The highest BCUT2D eigenvalue weighted by Gasteiger charge is 2.23. The predicted molar refractivity (Wildman–Crippen MR) is 63.4 cm³/mol. The number of rotatable bonds is 7. The van der Waals surface area contributed by atoms with Gasteiger partial charge < -0.3 is 10.4 Å². The first kappa shape index (κ1) is 11.9. The molecule has 0 spiro atoms. The Bertz CT molecular complexity index is 326. The summed E-state index contributed by atoms with van der Waals surface area (Å²) in [5.41, 5.74) is 0. The van der Waals surface area contributed by atoms with Crippen LogP contribution < -0.4 is 5.32 Å². The minimum atomic E-state index is 0.218. The third-order valence-corrected chi connectivity index (χ3v) is 3.70. The Labute approximate surface area is 99.6 Å². The Morgan fingerprint density at radius 3 is 3.06 bits per heavy atom. The first-order valence-electron chi connectivity index (χ1n) is 5.63. The summed E-state index contributed by atoms with van der Waals surface area (Å²) < 4.78 is 1.77. The maximum Gasteiger partial charge on any atom is 0.185 e. The van der Waals surface area contributed by atoms with Crippen LogP contribution in [0.15, 0.2) is 11.5 Å². The topological polar surface area (TPSA) is 63.0 Å². The normalized spacial score (nSPS) is 17.6. The van der Waals surface area contributed by atoms with E-state index >= 15 is 0 Å². The zero-order valence-corrected chi connectivity index (χ0v) is 10.3. The Hall–Kier alpha value is -0.590. The number of aliphatic hydroxyl groups excluding tert-OH is 1. The second-order valence-electron chi connectivity index (χ2n) is 4.12. The maximum atomic E-state index is 9.21. The van der Waals surface area contributed by atoms with Gasteiger partial charge in [-0.25, -0.2) is 9.67 Å². The third-order valence-electron chi connectivity index (χ3n) is 2.64. The molecule has 90 valence electrons. The summed E-state index contributed by atoms with van der Waals surface area (Å²) in [6, 6.07) is 0.880. The third kappa shape index (κ3) is 3.47. The molecule has 1 saturated carbocycles. The monoisotopic (exact) mass is 242 g/mol. The van der Waals surface area contributed by atoms with Crippen LogP contribution >= 0.6 is 11.8 Å². The molecule has 0 bridgehead atoms. The highest BCUT2D eigenvalue weighted by atomic mass is 32.2. The van der Waals surface area contributed by atoms with Crippen molar-refractivity contribution in [1.29, 1.82) is 0 Å². The van der Waals surface area contributed by atoms with Gasteiger partial charge in [0.25, 0.3) is 0 Å². The molecule has 5 nitrogen and oxygen atoms in total. The van der Waals surface area contributed by atoms with E-state index in [0.29, 0.717) is 6.04 Å². The molecule has 6 heteroatoms. The van der Waals surface area contributed by atoms with Crippen molar-refractivity contribution in [1.82, 2.24) is 20.1 Å². The van der Waals surface area contributed by atoms with Crippen LogP contribution in [0.25, 0.3) is 0 Å². The van der Waals surface area contributed by atoms with Gasteiger partial charge in [-0.3, -0.25) is 0 Å². The van der Waals surface area contributed by atoms with E-state index in [9.17, 15) is 5.11 Å². The van der Waals surface area contributed by atoms with Gasteiger partial charge in [0.05, 0.1) is 6.61 Å². The number of aliphatic hydroxyl groups is 1. The summed E-state index contributed by atoms with van der Waals surface area (Å²) in [7, 11) is 1.89. The molecule has 1 aromatic rings. The molecule has 1 aromatic heterocycles. The Morgan fingerprint density at radius 1 is 1.69 bits per heavy atom. The van der Waals surface area contributed by atoms with Crippen molar-refractivity contribution in [3.63, 3.8) is 0 Å². The van der Waals surface area contributed by atoms with E-state index in [1.807, 2.05) is 7.05 Å². The molecule has 1 aliphatic carbocycles. The molecular formula is C10H18N4OS. The lowest BCUT2D eigenvalue weighted by Crippen LogP contribution is -2.34. The smallest absolute Gasteiger partial charge is 0.185 e.